The predicted octanol–water partition coefficient (Wildman–Crippen LogP) is 3.47. The third-order valence-corrected chi connectivity index (χ3v) is 6.01. The van der Waals surface area contributed by atoms with Gasteiger partial charge in [-0.2, -0.15) is 5.10 Å². The average Bonchev–Trinajstić information content (AvgIpc) is 3.21. The van der Waals surface area contributed by atoms with Crippen LogP contribution in [0.25, 0.3) is 0 Å². The molecule has 0 saturated carbocycles. The van der Waals surface area contributed by atoms with Gasteiger partial charge in [0.05, 0.1) is 35.4 Å². The number of allylic oxidation sites excluding steroid dienone is 3. The van der Waals surface area contributed by atoms with Gasteiger partial charge in [-0.1, -0.05) is 26.8 Å². The fraction of sp³-hybridized carbons (Fsp3) is 0.500. The molecule has 8 nitrogen and oxygen atoms in total. The van der Waals surface area contributed by atoms with Crippen LogP contribution in [0, 0.1) is 5.41 Å². The van der Waals surface area contributed by atoms with Gasteiger partial charge in [-0.25, -0.2) is 4.99 Å². The van der Waals surface area contributed by atoms with Crippen molar-refractivity contribution in [1.82, 2.24) is 24.9 Å². The van der Waals surface area contributed by atoms with E-state index in [2.05, 4.69) is 48.4 Å². The lowest BCUT2D eigenvalue weighted by atomic mass is 10.1. The SMILES string of the molecule is CC/C=C1/C(c2cnn(C(CC)CC)c2)=NC(/C(C=N)=C/NC2CN(C(C)=O)C2)=CN1C. The molecule has 0 unspecified atom stereocenters. The van der Waals surface area contributed by atoms with Gasteiger partial charge in [-0.3, -0.25) is 9.48 Å². The van der Waals surface area contributed by atoms with Gasteiger partial charge in [0, 0.05) is 63.0 Å². The van der Waals surface area contributed by atoms with Crippen LogP contribution in [0.3, 0.4) is 0 Å². The summed E-state index contributed by atoms with van der Waals surface area (Å²) in [4.78, 5) is 20.2. The highest BCUT2D eigenvalue weighted by Gasteiger charge is 2.28. The highest BCUT2D eigenvalue weighted by atomic mass is 16.2. The summed E-state index contributed by atoms with van der Waals surface area (Å²) in [7, 11) is 2.01. The molecule has 1 amide bonds. The molecule has 2 N–H and O–H groups in total. The summed E-state index contributed by atoms with van der Waals surface area (Å²) in [6.45, 7) is 9.42. The first kappa shape index (κ1) is 23.5. The van der Waals surface area contributed by atoms with Crippen LogP contribution in [0.1, 0.15) is 58.6 Å². The van der Waals surface area contributed by atoms with Crippen molar-refractivity contribution in [3.8, 4) is 0 Å². The first-order valence-electron chi connectivity index (χ1n) is 11.4. The smallest absolute Gasteiger partial charge is 0.219 e. The molecule has 0 radical (unpaired) electrons. The lowest BCUT2D eigenvalue weighted by Gasteiger charge is -2.38. The Morgan fingerprint density at radius 1 is 1.31 bits per heavy atom. The van der Waals surface area contributed by atoms with Gasteiger partial charge < -0.3 is 20.5 Å². The Morgan fingerprint density at radius 3 is 2.62 bits per heavy atom. The largest absolute Gasteiger partial charge is 0.384 e. The van der Waals surface area contributed by atoms with E-state index in [0.29, 0.717) is 24.7 Å². The molecule has 1 fully saturated rings. The van der Waals surface area contributed by atoms with E-state index in [-0.39, 0.29) is 11.9 Å². The number of carbonyl (C=O) groups is 1. The molecule has 3 heterocycles. The first-order chi connectivity index (χ1) is 15.4. The molecule has 8 heteroatoms. The number of hydrogen-bond donors (Lipinski definition) is 2. The number of aromatic nitrogens is 2. The Balaban J connectivity index is 1.88. The normalized spacial score (nSPS) is 18.6. The van der Waals surface area contributed by atoms with Gasteiger partial charge in [0.15, 0.2) is 0 Å². The van der Waals surface area contributed by atoms with Gasteiger partial charge in [0.1, 0.15) is 0 Å². The van der Waals surface area contributed by atoms with E-state index in [9.17, 15) is 4.79 Å². The van der Waals surface area contributed by atoms with E-state index in [0.717, 1.165) is 41.9 Å². The second-order valence-electron chi connectivity index (χ2n) is 8.29. The van der Waals surface area contributed by atoms with Crippen molar-refractivity contribution in [3.63, 3.8) is 0 Å². The minimum absolute atomic E-state index is 0.0920. The van der Waals surface area contributed by atoms with Crippen LogP contribution in [-0.4, -0.2) is 63.6 Å². The Morgan fingerprint density at radius 2 is 2.03 bits per heavy atom. The molecular formula is C24H35N7O. The quantitative estimate of drug-likeness (QED) is 0.579. The first-order valence-corrected chi connectivity index (χ1v) is 11.4. The van der Waals surface area contributed by atoms with Crippen LogP contribution in [0.2, 0.25) is 0 Å². The molecule has 0 bridgehead atoms. The van der Waals surface area contributed by atoms with Gasteiger partial charge in [-0.15, -0.1) is 0 Å². The van der Waals surface area contributed by atoms with Crippen LogP contribution in [0.15, 0.2) is 52.8 Å². The number of nitrogens with one attached hydrogen (secondary N) is 2. The van der Waals surface area contributed by atoms with Crippen molar-refractivity contribution in [2.45, 2.75) is 59.0 Å². The van der Waals surface area contributed by atoms with E-state index in [1.54, 1.807) is 11.8 Å². The van der Waals surface area contributed by atoms with Crippen LogP contribution in [0.4, 0.5) is 0 Å². The lowest BCUT2D eigenvalue weighted by molar-refractivity contribution is -0.133. The average molecular weight is 438 g/mol. The number of amides is 1. The number of likely N-dealkylation sites (tertiary alicyclic amines) is 1. The van der Waals surface area contributed by atoms with Gasteiger partial charge in [0.25, 0.3) is 0 Å². The maximum absolute atomic E-state index is 11.4. The number of aliphatic imine (C=N–C) groups is 1. The molecule has 172 valence electrons. The monoisotopic (exact) mass is 437 g/mol. The van der Waals surface area contributed by atoms with Crippen LogP contribution in [-0.2, 0) is 4.79 Å². The molecular weight excluding hydrogens is 402 g/mol. The second kappa shape index (κ2) is 10.4. The molecule has 0 atom stereocenters. The molecule has 0 spiro atoms. The molecule has 1 saturated heterocycles. The van der Waals surface area contributed by atoms with E-state index >= 15 is 0 Å². The fourth-order valence-corrected chi connectivity index (χ4v) is 3.97. The molecule has 3 rings (SSSR count). The van der Waals surface area contributed by atoms with E-state index in [1.165, 1.54) is 6.21 Å². The number of rotatable bonds is 9. The minimum Gasteiger partial charge on any atom is -0.384 e. The molecule has 1 aromatic heterocycles. The lowest BCUT2D eigenvalue weighted by Crippen LogP contribution is -2.58. The zero-order chi connectivity index (χ0) is 23.3. The van der Waals surface area contributed by atoms with E-state index in [4.69, 9.17) is 10.4 Å². The highest BCUT2D eigenvalue weighted by Crippen LogP contribution is 2.26. The zero-order valence-corrected chi connectivity index (χ0v) is 19.8. The molecule has 1 aromatic rings. The highest BCUT2D eigenvalue weighted by molar-refractivity contribution is 6.13. The standard InChI is InChI=1S/C24H35N7O/c1-6-9-23-24(19-12-27-31(13-19)21(7-2)8-3)28-22(16-29(23)5)18(10-25)11-26-20-14-30(15-20)17(4)32/h9-13,16,20-21,25-26H,6-8,14-15H2,1-5H3/b18-11+,23-9-,25-10?. The van der Waals surface area contributed by atoms with Gasteiger partial charge in [0.2, 0.25) is 5.91 Å². The minimum atomic E-state index is 0.0920. The Kier molecular flexibility index (Phi) is 7.66. The summed E-state index contributed by atoms with van der Waals surface area (Å²) < 4.78 is 2.03. The van der Waals surface area contributed by atoms with Crippen molar-refractivity contribution in [1.29, 1.82) is 5.41 Å². The van der Waals surface area contributed by atoms with Crippen LogP contribution in [0.5, 0.6) is 0 Å². The van der Waals surface area contributed by atoms with Crippen molar-refractivity contribution in [3.05, 3.63) is 53.4 Å². The van der Waals surface area contributed by atoms with Crippen molar-refractivity contribution in [2.75, 3.05) is 20.1 Å². The van der Waals surface area contributed by atoms with Crippen molar-refractivity contribution < 1.29 is 4.79 Å². The van der Waals surface area contributed by atoms with Crippen molar-refractivity contribution in [2.24, 2.45) is 4.99 Å². The Labute approximate surface area is 190 Å². The van der Waals surface area contributed by atoms with Gasteiger partial charge >= 0.3 is 0 Å². The summed E-state index contributed by atoms with van der Waals surface area (Å²) >= 11 is 0. The summed E-state index contributed by atoms with van der Waals surface area (Å²) in [5, 5.41) is 15.9. The van der Waals surface area contributed by atoms with E-state index in [1.807, 2.05) is 30.3 Å². The molecule has 0 aromatic carbocycles. The Hall–Kier alpha value is -3.16. The van der Waals surface area contributed by atoms with Crippen LogP contribution < -0.4 is 5.32 Å². The third-order valence-electron chi connectivity index (χ3n) is 6.01. The maximum atomic E-state index is 11.4. The number of carbonyl (C=O) groups excluding carboxylic acids is 1. The zero-order valence-electron chi connectivity index (χ0n) is 19.8. The summed E-state index contributed by atoms with van der Waals surface area (Å²) in [5.41, 5.74) is 4.29. The van der Waals surface area contributed by atoms with Gasteiger partial charge in [-0.05, 0) is 19.3 Å². The molecule has 32 heavy (non-hydrogen) atoms. The fourth-order valence-electron chi connectivity index (χ4n) is 3.97. The summed E-state index contributed by atoms with van der Waals surface area (Å²) in [6.07, 6.45) is 14.2. The molecule has 2 aliphatic heterocycles. The second-order valence-corrected chi connectivity index (χ2v) is 8.29. The maximum Gasteiger partial charge on any atom is 0.219 e. The van der Waals surface area contributed by atoms with Crippen molar-refractivity contribution >= 4 is 17.8 Å². The number of hydrogen-bond acceptors (Lipinski definition) is 6. The molecule has 0 aliphatic carbocycles. The molecule has 2 aliphatic rings. The summed E-state index contributed by atoms with van der Waals surface area (Å²) in [6, 6.07) is 0.575. The summed E-state index contributed by atoms with van der Waals surface area (Å²) in [5.74, 6) is 0.0920. The predicted molar refractivity (Wildman–Crippen MR) is 129 cm³/mol. The topological polar surface area (TPSA) is 89.6 Å². The third kappa shape index (κ3) is 5.00. The number of likely N-dealkylation sites (N-methyl/N-ethyl adjacent to an activating group) is 1. The Bertz CT molecular complexity index is 959. The van der Waals surface area contributed by atoms with E-state index < -0.39 is 0 Å². The van der Waals surface area contributed by atoms with Crippen LogP contribution >= 0.6 is 0 Å². The number of nitrogens with zero attached hydrogens (tertiary/aromatic N) is 5.